The summed E-state index contributed by atoms with van der Waals surface area (Å²) in [6, 6.07) is 19.9. The predicted octanol–water partition coefficient (Wildman–Crippen LogP) is 3.69. The first-order valence-corrected chi connectivity index (χ1v) is 5.22. The van der Waals surface area contributed by atoms with E-state index in [1.165, 1.54) is 0 Å². The Kier molecular flexibility index (Phi) is 3.34. The Hall–Kier alpha value is -2.09. The van der Waals surface area contributed by atoms with Crippen molar-refractivity contribution >= 4 is 18.1 Å². The van der Waals surface area contributed by atoms with Gasteiger partial charge in [-0.2, -0.15) is 0 Å². The first-order chi connectivity index (χ1) is 7.86. The molecule has 80 valence electrons. The molecule has 0 saturated carbocycles. The van der Waals surface area contributed by atoms with Gasteiger partial charge in [-0.3, -0.25) is 0 Å². The lowest BCUT2D eigenvalue weighted by molar-refractivity contribution is -0.420. The Bertz CT molecular complexity index is 449. The highest BCUT2D eigenvalue weighted by Crippen LogP contribution is 2.18. The molecule has 0 heterocycles. The molecule has 2 heteroatoms. The monoisotopic (exact) mass is 210 g/mol. The third kappa shape index (κ3) is 2.70. The third-order valence-electron chi connectivity index (χ3n) is 2.30. The Morgan fingerprint density at radius 1 is 0.875 bits per heavy atom. The lowest BCUT2D eigenvalue weighted by Gasteiger charge is -2.17. The fraction of sp³-hybridized carbons (Fsp3) is 0.0714. The highest BCUT2D eigenvalue weighted by Gasteiger charge is 1.98. The second-order valence-corrected chi connectivity index (χ2v) is 3.51. The maximum atomic E-state index is 4.45. The van der Waals surface area contributed by atoms with Gasteiger partial charge in [-0.05, 0) is 0 Å². The van der Waals surface area contributed by atoms with Crippen molar-refractivity contribution in [2.75, 3.05) is 6.67 Å². The summed E-state index contributed by atoms with van der Waals surface area (Å²) in [6.45, 7) is 4.53. The molecule has 0 aliphatic heterocycles. The summed E-state index contributed by atoms with van der Waals surface area (Å²) in [5.74, 6) is 0. The van der Waals surface area contributed by atoms with Gasteiger partial charge in [0, 0.05) is 12.1 Å². The molecule has 0 atom stereocenters. The average Bonchev–Trinajstić information content (AvgIpc) is 2.38. The standard InChI is InChI=1S/C14H14N2/c1-16(14-10-6-3-7-11-14)12-15-13-8-4-2-5-9-13/h2-11H,1,12H2. The fourth-order valence-corrected chi connectivity index (χ4v) is 1.42. The minimum Gasteiger partial charge on any atom is -0.628 e. The van der Waals surface area contributed by atoms with Gasteiger partial charge >= 0.3 is 0 Å². The van der Waals surface area contributed by atoms with E-state index in [1.54, 1.807) is 0 Å². The topological polar surface area (TPSA) is 17.1 Å². The van der Waals surface area contributed by atoms with E-state index < -0.39 is 0 Å². The van der Waals surface area contributed by atoms with Gasteiger partial charge in [0.25, 0.3) is 0 Å². The van der Waals surface area contributed by atoms with Crippen LogP contribution in [0.2, 0.25) is 0 Å². The van der Waals surface area contributed by atoms with Crippen LogP contribution in [0.1, 0.15) is 0 Å². The van der Waals surface area contributed by atoms with Crippen molar-refractivity contribution in [2.24, 2.45) is 0 Å². The summed E-state index contributed by atoms with van der Waals surface area (Å²) >= 11 is 0. The van der Waals surface area contributed by atoms with E-state index in [0.29, 0.717) is 6.67 Å². The predicted molar refractivity (Wildman–Crippen MR) is 67.8 cm³/mol. The van der Waals surface area contributed by atoms with E-state index in [0.717, 1.165) is 11.4 Å². The molecule has 16 heavy (non-hydrogen) atoms. The molecule has 0 fully saturated rings. The number of hydrogen-bond donors (Lipinski definition) is 0. The Labute approximate surface area is 95.9 Å². The van der Waals surface area contributed by atoms with Crippen LogP contribution in [0.5, 0.6) is 0 Å². The van der Waals surface area contributed by atoms with Gasteiger partial charge in [0.1, 0.15) is 6.72 Å². The number of benzene rings is 2. The van der Waals surface area contributed by atoms with Crippen LogP contribution in [0.4, 0.5) is 11.4 Å². The van der Waals surface area contributed by atoms with E-state index in [2.05, 4.69) is 12.0 Å². The van der Waals surface area contributed by atoms with Crippen molar-refractivity contribution in [3.63, 3.8) is 0 Å². The number of rotatable bonds is 4. The maximum absolute atomic E-state index is 4.45. The van der Waals surface area contributed by atoms with Crippen molar-refractivity contribution in [1.82, 2.24) is 0 Å². The Morgan fingerprint density at radius 3 is 2.06 bits per heavy atom. The summed E-state index contributed by atoms with van der Waals surface area (Å²) < 4.78 is 1.87. The van der Waals surface area contributed by atoms with Crippen LogP contribution < -0.4 is 0 Å². The van der Waals surface area contributed by atoms with E-state index in [-0.39, 0.29) is 0 Å². The second kappa shape index (κ2) is 5.12. The van der Waals surface area contributed by atoms with Gasteiger partial charge in [0.15, 0.2) is 0 Å². The summed E-state index contributed by atoms with van der Waals surface area (Å²) in [5.41, 5.74) is 2.05. The summed E-state index contributed by atoms with van der Waals surface area (Å²) in [5, 5.41) is 4.45. The molecule has 0 unspecified atom stereocenters. The molecule has 2 aromatic rings. The first-order valence-electron chi connectivity index (χ1n) is 5.22. The van der Waals surface area contributed by atoms with Crippen molar-refractivity contribution in [3.05, 3.63) is 66.0 Å². The van der Waals surface area contributed by atoms with E-state index >= 15 is 0 Å². The molecule has 0 saturated heterocycles. The van der Waals surface area contributed by atoms with Crippen molar-refractivity contribution < 1.29 is 4.58 Å². The molecule has 0 N–H and O–H groups in total. The van der Waals surface area contributed by atoms with Crippen LogP contribution in [-0.4, -0.2) is 18.0 Å². The van der Waals surface area contributed by atoms with Crippen LogP contribution in [0, 0.1) is 0 Å². The lowest BCUT2D eigenvalue weighted by Crippen LogP contribution is -2.02. The van der Waals surface area contributed by atoms with E-state index in [9.17, 15) is 0 Å². The third-order valence-corrected chi connectivity index (χ3v) is 2.30. The minimum atomic E-state index is 0.564. The van der Waals surface area contributed by atoms with Gasteiger partial charge in [0.05, 0.1) is 6.67 Å². The van der Waals surface area contributed by atoms with Crippen LogP contribution >= 0.6 is 0 Å². The van der Waals surface area contributed by atoms with Crippen LogP contribution in [0.3, 0.4) is 0 Å². The zero-order chi connectivity index (χ0) is 11.2. The van der Waals surface area contributed by atoms with Gasteiger partial charge in [-0.1, -0.05) is 48.5 Å². The van der Waals surface area contributed by atoms with Crippen molar-refractivity contribution in [3.8, 4) is 0 Å². The zero-order valence-corrected chi connectivity index (χ0v) is 9.08. The molecule has 0 amide bonds. The Balaban J connectivity index is 1.95. The van der Waals surface area contributed by atoms with Crippen molar-refractivity contribution in [2.45, 2.75) is 0 Å². The SMILES string of the molecule is C=[N+](C[N-]c1ccccc1)c1ccccc1. The lowest BCUT2D eigenvalue weighted by atomic mass is 10.3. The van der Waals surface area contributed by atoms with Crippen LogP contribution in [0.25, 0.3) is 5.32 Å². The highest BCUT2D eigenvalue weighted by atomic mass is 15.1. The molecule has 0 bridgehead atoms. The number of hydrogen-bond acceptors (Lipinski definition) is 0. The quantitative estimate of drug-likeness (QED) is 0.541. The minimum absolute atomic E-state index is 0.564. The number of nitrogens with zero attached hydrogens (tertiary/aromatic N) is 2. The maximum Gasteiger partial charge on any atom is 0.203 e. The average molecular weight is 210 g/mol. The molecular formula is C14H14N2. The second-order valence-electron chi connectivity index (χ2n) is 3.51. The molecule has 0 spiro atoms. The summed E-state index contributed by atoms with van der Waals surface area (Å²) in [4.78, 5) is 0. The fourth-order valence-electron chi connectivity index (χ4n) is 1.42. The summed E-state index contributed by atoms with van der Waals surface area (Å²) in [6.07, 6.45) is 0. The smallest absolute Gasteiger partial charge is 0.203 e. The molecule has 0 aliphatic carbocycles. The van der Waals surface area contributed by atoms with Gasteiger partial charge < -0.3 is 5.32 Å². The molecule has 0 aromatic heterocycles. The normalized spacial score (nSPS) is 9.75. The number of para-hydroxylation sites is 2. The van der Waals surface area contributed by atoms with Crippen LogP contribution in [0.15, 0.2) is 60.7 Å². The molecule has 2 nitrogen and oxygen atoms in total. The first kappa shape index (κ1) is 10.4. The van der Waals surface area contributed by atoms with Crippen molar-refractivity contribution in [1.29, 1.82) is 0 Å². The van der Waals surface area contributed by atoms with Gasteiger partial charge in [-0.15, -0.1) is 5.69 Å². The summed E-state index contributed by atoms with van der Waals surface area (Å²) in [7, 11) is 0. The Morgan fingerprint density at radius 2 is 1.44 bits per heavy atom. The molecule has 2 rings (SSSR count). The van der Waals surface area contributed by atoms with Gasteiger partial charge in [0.2, 0.25) is 5.69 Å². The zero-order valence-electron chi connectivity index (χ0n) is 9.08. The largest absolute Gasteiger partial charge is 0.628 e. The molecule has 0 radical (unpaired) electrons. The van der Waals surface area contributed by atoms with Crippen LogP contribution in [-0.2, 0) is 0 Å². The molecular weight excluding hydrogens is 196 g/mol. The van der Waals surface area contributed by atoms with E-state index in [1.807, 2.05) is 65.2 Å². The van der Waals surface area contributed by atoms with Gasteiger partial charge in [-0.25, -0.2) is 4.58 Å². The highest BCUT2D eigenvalue weighted by molar-refractivity contribution is 5.47. The molecule has 2 aromatic carbocycles. The molecule has 0 aliphatic rings. The van der Waals surface area contributed by atoms with E-state index in [4.69, 9.17) is 0 Å².